The fraction of sp³-hybridized carbons (Fsp3) is 0.263. The molecule has 130 valence electrons. The fourth-order valence-corrected chi connectivity index (χ4v) is 2.95. The van der Waals surface area contributed by atoms with E-state index in [4.69, 9.17) is 4.74 Å². The van der Waals surface area contributed by atoms with Crippen LogP contribution in [0.15, 0.2) is 48.5 Å². The van der Waals surface area contributed by atoms with Crippen LogP contribution < -0.4 is 15.0 Å². The van der Waals surface area contributed by atoms with E-state index in [-0.39, 0.29) is 23.5 Å². The summed E-state index contributed by atoms with van der Waals surface area (Å²) in [6.45, 7) is 0.886. The molecule has 1 fully saturated rings. The topological polar surface area (TPSA) is 58.6 Å². The van der Waals surface area contributed by atoms with E-state index >= 15 is 0 Å². The lowest BCUT2D eigenvalue weighted by Crippen LogP contribution is -2.31. The molecule has 1 heterocycles. The van der Waals surface area contributed by atoms with Crippen LogP contribution >= 0.6 is 0 Å². The zero-order valence-corrected chi connectivity index (χ0v) is 13.9. The zero-order valence-electron chi connectivity index (χ0n) is 13.9. The number of halogens is 1. The van der Waals surface area contributed by atoms with Gasteiger partial charge in [0.25, 0.3) is 5.91 Å². The third-order valence-corrected chi connectivity index (χ3v) is 4.25. The van der Waals surface area contributed by atoms with Gasteiger partial charge in [0.2, 0.25) is 5.91 Å². The molecule has 2 amide bonds. The predicted molar refractivity (Wildman–Crippen MR) is 92.2 cm³/mol. The molecule has 0 unspecified atom stereocenters. The normalized spacial score (nSPS) is 16.8. The number of carbonyl (C=O) groups excluding carboxylic acids is 2. The van der Waals surface area contributed by atoms with Gasteiger partial charge in [-0.3, -0.25) is 9.59 Å². The van der Waals surface area contributed by atoms with Crippen LogP contribution in [-0.4, -0.2) is 32.0 Å². The van der Waals surface area contributed by atoms with Gasteiger partial charge in [0, 0.05) is 31.1 Å². The lowest BCUT2D eigenvalue weighted by molar-refractivity contribution is -0.117. The molecule has 0 spiro atoms. The molecule has 1 aliphatic rings. The van der Waals surface area contributed by atoms with Crippen molar-refractivity contribution in [2.75, 3.05) is 25.1 Å². The van der Waals surface area contributed by atoms with Crippen molar-refractivity contribution in [3.63, 3.8) is 0 Å². The van der Waals surface area contributed by atoms with Gasteiger partial charge in [0.05, 0.1) is 12.7 Å². The molecule has 0 radical (unpaired) electrons. The molecule has 0 bridgehead atoms. The number of methoxy groups -OCH3 is 1. The van der Waals surface area contributed by atoms with Crippen molar-refractivity contribution in [3.8, 4) is 5.75 Å². The van der Waals surface area contributed by atoms with Crippen LogP contribution in [0, 0.1) is 11.7 Å². The van der Waals surface area contributed by atoms with Crippen LogP contribution in [-0.2, 0) is 4.79 Å². The maximum atomic E-state index is 13.0. The summed E-state index contributed by atoms with van der Waals surface area (Å²) >= 11 is 0. The van der Waals surface area contributed by atoms with E-state index < -0.39 is 0 Å². The maximum absolute atomic E-state index is 13.0. The van der Waals surface area contributed by atoms with Gasteiger partial charge in [-0.15, -0.1) is 0 Å². The number of anilines is 1. The maximum Gasteiger partial charge on any atom is 0.255 e. The van der Waals surface area contributed by atoms with Crippen molar-refractivity contribution in [3.05, 3.63) is 59.9 Å². The third kappa shape index (κ3) is 3.79. The van der Waals surface area contributed by atoms with Crippen molar-refractivity contribution in [1.82, 2.24) is 5.32 Å². The molecule has 0 aliphatic carbocycles. The minimum atomic E-state index is -0.337. The number of carbonyl (C=O) groups is 2. The summed E-state index contributed by atoms with van der Waals surface area (Å²) < 4.78 is 18.2. The molecule has 1 N–H and O–H groups in total. The van der Waals surface area contributed by atoms with Gasteiger partial charge in [-0.05, 0) is 36.4 Å². The van der Waals surface area contributed by atoms with Gasteiger partial charge >= 0.3 is 0 Å². The van der Waals surface area contributed by atoms with Gasteiger partial charge in [-0.25, -0.2) is 4.39 Å². The molecule has 0 saturated carbocycles. The second-order valence-electron chi connectivity index (χ2n) is 5.96. The molecule has 2 aromatic rings. The standard InChI is InChI=1S/C19H19FN2O3/c1-25-17-5-3-2-4-16(17)19(24)21-11-13-10-18(23)22(12-13)15-8-6-14(20)7-9-15/h2-9,13H,10-12H2,1H3,(H,21,24)/t13-/m0/s1. The highest BCUT2D eigenvalue weighted by Crippen LogP contribution is 2.25. The smallest absolute Gasteiger partial charge is 0.255 e. The van der Waals surface area contributed by atoms with Gasteiger partial charge in [-0.1, -0.05) is 12.1 Å². The first-order chi connectivity index (χ1) is 12.1. The van der Waals surface area contributed by atoms with Crippen molar-refractivity contribution >= 4 is 17.5 Å². The van der Waals surface area contributed by atoms with Crippen LogP contribution in [0.5, 0.6) is 5.75 Å². The van der Waals surface area contributed by atoms with E-state index in [2.05, 4.69) is 5.32 Å². The predicted octanol–water partition coefficient (Wildman–Crippen LogP) is 2.62. The lowest BCUT2D eigenvalue weighted by Gasteiger charge is -2.17. The molecule has 3 rings (SSSR count). The Labute approximate surface area is 145 Å². The summed E-state index contributed by atoms with van der Waals surface area (Å²) in [6, 6.07) is 12.8. The number of amides is 2. The number of hydrogen-bond donors (Lipinski definition) is 1. The summed E-state index contributed by atoms with van der Waals surface area (Å²) in [5.74, 6) is -0.0732. The average molecular weight is 342 g/mol. The Morgan fingerprint density at radius 2 is 1.96 bits per heavy atom. The quantitative estimate of drug-likeness (QED) is 0.909. The number of ether oxygens (including phenoxy) is 1. The molecule has 1 atom stereocenters. The molecule has 1 saturated heterocycles. The summed E-state index contributed by atoms with van der Waals surface area (Å²) in [4.78, 5) is 26.1. The van der Waals surface area contributed by atoms with E-state index in [0.29, 0.717) is 36.5 Å². The van der Waals surface area contributed by atoms with Crippen LogP contribution in [0.4, 0.5) is 10.1 Å². The van der Waals surface area contributed by atoms with E-state index in [9.17, 15) is 14.0 Å². The molecular formula is C19H19FN2O3. The zero-order chi connectivity index (χ0) is 17.8. The number of hydrogen-bond acceptors (Lipinski definition) is 3. The van der Waals surface area contributed by atoms with E-state index in [1.165, 1.54) is 19.2 Å². The Morgan fingerprint density at radius 1 is 1.24 bits per heavy atom. The Morgan fingerprint density at radius 3 is 2.68 bits per heavy atom. The molecule has 1 aliphatic heterocycles. The first-order valence-corrected chi connectivity index (χ1v) is 8.05. The van der Waals surface area contributed by atoms with Crippen molar-refractivity contribution < 1.29 is 18.7 Å². The van der Waals surface area contributed by atoms with Crippen LogP contribution in [0.3, 0.4) is 0 Å². The van der Waals surface area contributed by atoms with Gasteiger partial charge in [0.15, 0.2) is 0 Å². The van der Waals surface area contributed by atoms with Crippen LogP contribution in [0.2, 0.25) is 0 Å². The molecular weight excluding hydrogens is 323 g/mol. The summed E-state index contributed by atoms with van der Waals surface area (Å²) in [6.07, 6.45) is 0.351. The van der Waals surface area contributed by atoms with Gasteiger partial charge < -0.3 is 15.0 Å². The van der Waals surface area contributed by atoms with E-state index in [1.54, 1.807) is 41.3 Å². The highest BCUT2D eigenvalue weighted by molar-refractivity contribution is 5.97. The van der Waals surface area contributed by atoms with Gasteiger partial charge in [0.1, 0.15) is 11.6 Å². The molecule has 25 heavy (non-hydrogen) atoms. The molecule has 6 heteroatoms. The number of nitrogens with zero attached hydrogens (tertiary/aromatic N) is 1. The van der Waals surface area contributed by atoms with E-state index in [0.717, 1.165) is 0 Å². The third-order valence-electron chi connectivity index (χ3n) is 4.25. The molecule has 5 nitrogen and oxygen atoms in total. The van der Waals surface area contributed by atoms with Crippen molar-refractivity contribution in [2.45, 2.75) is 6.42 Å². The second-order valence-corrected chi connectivity index (χ2v) is 5.96. The first-order valence-electron chi connectivity index (χ1n) is 8.05. The van der Waals surface area contributed by atoms with Crippen molar-refractivity contribution in [1.29, 1.82) is 0 Å². The lowest BCUT2D eigenvalue weighted by atomic mass is 10.1. The molecule has 0 aromatic heterocycles. The largest absolute Gasteiger partial charge is 0.496 e. The van der Waals surface area contributed by atoms with Crippen molar-refractivity contribution in [2.24, 2.45) is 5.92 Å². The van der Waals surface area contributed by atoms with Crippen LogP contribution in [0.25, 0.3) is 0 Å². The Bertz CT molecular complexity index is 776. The highest BCUT2D eigenvalue weighted by atomic mass is 19.1. The monoisotopic (exact) mass is 342 g/mol. The number of nitrogens with one attached hydrogen (secondary N) is 1. The second kappa shape index (κ2) is 7.34. The summed E-state index contributed by atoms with van der Waals surface area (Å²) in [7, 11) is 1.52. The summed E-state index contributed by atoms with van der Waals surface area (Å²) in [5.41, 5.74) is 1.13. The fourth-order valence-electron chi connectivity index (χ4n) is 2.95. The first kappa shape index (κ1) is 17.0. The Kier molecular flexibility index (Phi) is 4.97. The van der Waals surface area contributed by atoms with Gasteiger partial charge in [-0.2, -0.15) is 0 Å². The molecule has 2 aromatic carbocycles. The van der Waals surface area contributed by atoms with E-state index in [1.807, 2.05) is 0 Å². The average Bonchev–Trinajstić information content (AvgIpc) is 3.01. The highest BCUT2D eigenvalue weighted by Gasteiger charge is 2.30. The minimum Gasteiger partial charge on any atom is -0.496 e. The number of para-hydroxylation sites is 1. The minimum absolute atomic E-state index is 0.0104. The SMILES string of the molecule is COc1ccccc1C(=O)NC[C@@H]1CC(=O)N(c2ccc(F)cc2)C1. The number of rotatable bonds is 5. The van der Waals surface area contributed by atoms with Crippen LogP contribution in [0.1, 0.15) is 16.8 Å². The Hall–Kier alpha value is -2.89. The Balaban J connectivity index is 1.60. The summed E-state index contributed by atoms with van der Waals surface area (Å²) in [5, 5.41) is 2.86. The number of benzene rings is 2.